The van der Waals surface area contributed by atoms with Crippen LogP contribution >= 0.6 is 0 Å². The fourth-order valence-corrected chi connectivity index (χ4v) is 4.01. The largest absolute Gasteiger partial charge is 0.409 e. The Bertz CT molecular complexity index is 541. The first-order valence-corrected chi connectivity index (χ1v) is 8.00. The molecule has 3 N–H and O–H groups in total. The van der Waals surface area contributed by atoms with E-state index in [4.69, 9.17) is 10.9 Å². The first kappa shape index (κ1) is 14.4. The van der Waals surface area contributed by atoms with Crippen molar-refractivity contribution in [3.63, 3.8) is 0 Å². The van der Waals surface area contributed by atoms with Crippen LogP contribution in [0.5, 0.6) is 0 Å². The summed E-state index contributed by atoms with van der Waals surface area (Å²) < 4.78 is 0. The summed E-state index contributed by atoms with van der Waals surface area (Å²) >= 11 is 0. The highest BCUT2D eigenvalue weighted by atomic mass is 16.4. The molecule has 4 heteroatoms. The minimum atomic E-state index is 0.179. The molecule has 0 spiro atoms. The van der Waals surface area contributed by atoms with Crippen molar-refractivity contribution in [1.82, 2.24) is 4.90 Å². The molecule has 21 heavy (non-hydrogen) atoms. The molecule has 1 aliphatic heterocycles. The van der Waals surface area contributed by atoms with E-state index in [2.05, 4.69) is 23.0 Å². The second kappa shape index (κ2) is 6.06. The first-order chi connectivity index (χ1) is 10.2. The lowest BCUT2D eigenvalue weighted by atomic mass is 9.85. The van der Waals surface area contributed by atoms with Gasteiger partial charge in [-0.1, -0.05) is 30.1 Å². The zero-order chi connectivity index (χ0) is 14.8. The van der Waals surface area contributed by atoms with E-state index in [1.165, 1.54) is 49.8 Å². The number of hydrogen-bond donors (Lipinski definition) is 2. The monoisotopic (exact) mass is 287 g/mol. The van der Waals surface area contributed by atoms with E-state index >= 15 is 0 Å². The van der Waals surface area contributed by atoms with Crippen molar-refractivity contribution >= 4 is 5.84 Å². The van der Waals surface area contributed by atoms with Gasteiger partial charge in [-0.3, -0.25) is 4.90 Å². The minimum Gasteiger partial charge on any atom is -0.409 e. The van der Waals surface area contributed by atoms with Gasteiger partial charge in [-0.2, -0.15) is 0 Å². The van der Waals surface area contributed by atoms with Crippen LogP contribution in [-0.4, -0.2) is 28.5 Å². The Morgan fingerprint density at radius 1 is 1.33 bits per heavy atom. The number of rotatable bonds is 3. The minimum absolute atomic E-state index is 0.179. The molecule has 1 aromatic rings. The molecule has 1 aromatic carbocycles. The number of likely N-dealkylation sites (tertiary alicyclic amines) is 1. The van der Waals surface area contributed by atoms with E-state index in [9.17, 15) is 0 Å². The van der Waals surface area contributed by atoms with E-state index in [0.717, 1.165) is 24.1 Å². The normalized spacial score (nSPS) is 26.8. The van der Waals surface area contributed by atoms with E-state index in [0.29, 0.717) is 0 Å². The molecule has 0 amide bonds. The average molecular weight is 287 g/mol. The summed E-state index contributed by atoms with van der Waals surface area (Å²) in [6.07, 6.45) is 6.96. The standard InChI is InChI=1S/C17H25N3O/c1-12-10-14(17(18)19-21)6-7-15(12)11-20-9-8-13-4-2-3-5-16(13)20/h6-7,10,13,16,21H,2-5,8-9,11H2,1H3,(H2,18,19). The van der Waals surface area contributed by atoms with Crippen LogP contribution in [0.25, 0.3) is 0 Å². The Hall–Kier alpha value is -1.55. The van der Waals surface area contributed by atoms with Crippen molar-refractivity contribution in [2.24, 2.45) is 16.8 Å². The molecule has 2 aliphatic rings. The summed E-state index contributed by atoms with van der Waals surface area (Å²) in [5.41, 5.74) is 9.02. The summed E-state index contributed by atoms with van der Waals surface area (Å²) in [4.78, 5) is 2.66. The second-order valence-corrected chi connectivity index (χ2v) is 6.50. The van der Waals surface area contributed by atoms with Crippen molar-refractivity contribution in [3.8, 4) is 0 Å². The Balaban J connectivity index is 1.73. The molecule has 4 nitrogen and oxygen atoms in total. The van der Waals surface area contributed by atoms with E-state index in [1.807, 2.05) is 12.1 Å². The highest BCUT2D eigenvalue weighted by Gasteiger charge is 2.35. The molecule has 1 saturated carbocycles. The van der Waals surface area contributed by atoms with Gasteiger partial charge in [0.1, 0.15) is 0 Å². The Kier molecular flexibility index (Phi) is 4.15. The van der Waals surface area contributed by atoms with Crippen LogP contribution in [0.4, 0.5) is 0 Å². The molecule has 1 saturated heterocycles. The van der Waals surface area contributed by atoms with E-state index in [1.54, 1.807) is 0 Å². The average Bonchev–Trinajstić information content (AvgIpc) is 2.92. The number of fused-ring (bicyclic) bond motifs is 1. The highest BCUT2D eigenvalue weighted by Crippen LogP contribution is 2.37. The predicted octanol–water partition coefficient (Wildman–Crippen LogP) is 2.85. The van der Waals surface area contributed by atoms with Gasteiger partial charge >= 0.3 is 0 Å². The maximum absolute atomic E-state index is 8.76. The number of benzene rings is 1. The summed E-state index contributed by atoms with van der Waals surface area (Å²) in [7, 11) is 0. The number of amidine groups is 1. The summed E-state index contributed by atoms with van der Waals surface area (Å²) in [6, 6.07) is 6.88. The lowest BCUT2D eigenvalue weighted by molar-refractivity contribution is 0.175. The molecule has 0 radical (unpaired) electrons. The molecule has 2 atom stereocenters. The smallest absolute Gasteiger partial charge is 0.170 e. The van der Waals surface area contributed by atoms with Gasteiger partial charge in [0, 0.05) is 18.2 Å². The molecule has 1 aliphatic carbocycles. The summed E-state index contributed by atoms with van der Waals surface area (Å²) in [6.45, 7) is 4.37. The molecule has 3 rings (SSSR count). The van der Waals surface area contributed by atoms with Crippen molar-refractivity contribution in [2.45, 2.75) is 51.6 Å². The van der Waals surface area contributed by atoms with Crippen molar-refractivity contribution in [2.75, 3.05) is 6.54 Å². The molecule has 0 bridgehead atoms. The van der Waals surface area contributed by atoms with Gasteiger partial charge < -0.3 is 10.9 Å². The zero-order valence-electron chi connectivity index (χ0n) is 12.8. The number of nitrogens with zero attached hydrogens (tertiary/aromatic N) is 2. The quantitative estimate of drug-likeness (QED) is 0.389. The third-order valence-electron chi connectivity index (χ3n) is 5.24. The van der Waals surface area contributed by atoms with Gasteiger partial charge in [0.2, 0.25) is 0 Å². The van der Waals surface area contributed by atoms with Gasteiger partial charge in [0.25, 0.3) is 0 Å². The fraction of sp³-hybridized carbons (Fsp3) is 0.588. The van der Waals surface area contributed by atoms with Crippen LogP contribution in [-0.2, 0) is 6.54 Å². The van der Waals surface area contributed by atoms with Crippen LogP contribution in [0.1, 0.15) is 48.8 Å². The van der Waals surface area contributed by atoms with Gasteiger partial charge in [-0.15, -0.1) is 0 Å². The van der Waals surface area contributed by atoms with Crippen molar-refractivity contribution in [3.05, 3.63) is 34.9 Å². The lowest BCUT2D eigenvalue weighted by Crippen LogP contribution is -2.34. The van der Waals surface area contributed by atoms with Gasteiger partial charge in [0.15, 0.2) is 5.84 Å². The second-order valence-electron chi connectivity index (χ2n) is 6.50. The van der Waals surface area contributed by atoms with Crippen LogP contribution in [0.2, 0.25) is 0 Å². The van der Waals surface area contributed by atoms with Crippen LogP contribution in [0.15, 0.2) is 23.4 Å². The molecule has 114 valence electrons. The molecular weight excluding hydrogens is 262 g/mol. The zero-order valence-corrected chi connectivity index (χ0v) is 12.8. The number of hydrogen-bond acceptors (Lipinski definition) is 3. The van der Waals surface area contributed by atoms with Crippen LogP contribution in [0, 0.1) is 12.8 Å². The van der Waals surface area contributed by atoms with Gasteiger partial charge in [-0.05, 0) is 55.8 Å². The predicted molar refractivity (Wildman–Crippen MR) is 84.5 cm³/mol. The van der Waals surface area contributed by atoms with Crippen LogP contribution in [0.3, 0.4) is 0 Å². The van der Waals surface area contributed by atoms with E-state index in [-0.39, 0.29) is 5.84 Å². The molecular formula is C17H25N3O. The SMILES string of the molecule is Cc1cc(/C(N)=N/O)ccc1CN1CCC2CCCCC21. The van der Waals surface area contributed by atoms with E-state index < -0.39 is 0 Å². The first-order valence-electron chi connectivity index (χ1n) is 8.00. The maximum Gasteiger partial charge on any atom is 0.170 e. The highest BCUT2D eigenvalue weighted by molar-refractivity contribution is 5.97. The molecule has 0 aromatic heterocycles. The third-order valence-corrected chi connectivity index (χ3v) is 5.24. The van der Waals surface area contributed by atoms with Crippen LogP contribution < -0.4 is 5.73 Å². The van der Waals surface area contributed by atoms with Gasteiger partial charge in [0.05, 0.1) is 0 Å². The third kappa shape index (κ3) is 2.91. The number of oxime groups is 1. The van der Waals surface area contributed by atoms with Crippen molar-refractivity contribution in [1.29, 1.82) is 0 Å². The Morgan fingerprint density at radius 2 is 2.14 bits per heavy atom. The Morgan fingerprint density at radius 3 is 2.90 bits per heavy atom. The van der Waals surface area contributed by atoms with Crippen molar-refractivity contribution < 1.29 is 5.21 Å². The summed E-state index contributed by atoms with van der Waals surface area (Å²) in [5, 5.41) is 11.8. The molecule has 1 heterocycles. The topological polar surface area (TPSA) is 61.9 Å². The van der Waals surface area contributed by atoms with Gasteiger partial charge in [-0.25, -0.2) is 0 Å². The fourth-order valence-electron chi connectivity index (χ4n) is 4.01. The summed E-state index contributed by atoms with van der Waals surface area (Å²) in [5.74, 6) is 1.11. The lowest BCUT2D eigenvalue weighted by Gasteiger charge is -2.32. The molecule has 2 unspecified atom stereocenters. The Labute approximate surface area is 126 Å². The number of nitrogens with two attached hydrogens (primary N) is 1. The number of aryl methyl sites for hydroxylation is 1. The molecule has 2 fully saturated rings. The maximum atomic E-state index is 8.76.